The van der Waals surface area contributed by atoms with E-state index in [2.05, 4.69) is 10.1 Å². The van der Waals surface area contributed by atoms with Crippen LogP contribution in [-0.4, -0.2) is 47.4 Å². The average Bonchev–Trinajstić information content (AvgIpc) is 2.26. The van der Waals surface area contributed by atoms with Crippen LogP contribution in [0.5, 0.6) is 0 Å². The number of nitrogens with one attached hydrogen (secondary N) is 1. The van der Waals surface area contributed by atoms with Crippen LogP contribution in [-0.2, 0) is 14.3 Å². The number of esters is 1. The maximum absolute atomic E-state index is 11.3. The average molecular weight is 233 g/mol. The highest BCUT2D eigenvalue weighted by Gasteiger charge is 2.24. The maximum atomic E-state index is 11.3. The van der Waals surface area contributed by atoms with Crippen LogP contribution in [0.3, 0.4) is 0 Å². The van der Waals surface area contributed by atoms with Crippen LogP contribution in [0.25, 0.3) is 0 Å². The number of carbonyl (C=O) groups is 2. The Labute approximate surface area is 94.6 Å². The Morgan fingerprint density at radius 1 is 1.25 bits per heavy atom. The third-order valence-corrected chi connectivity index (χ3v) is 2.00. The van der Waals surface area contributed by atoms with Gasteiger partial charge in [0, 0.05) is 6.42 Å². The molecule has 0 unspecified atom stereocenters. The summed E-state index contributed by atoms with van der Waals surface area (Å²) < 4.78 is 4.66. The first-order valence-corrected chi connectivity index (χ1v) is 5.15. The second kappa shape index (κ2) is 7.19. The molecule has 0 radical (unpaired) electrons. The molecule has 6 nitrogen and oxygen atoms in total. The van der Waals surface area contributed by atoms with Crippen LogP contribution in [0, 0.1) is 0 Å². The molecular weight excluding hydrogens is 214 g/mol. The highest BCUT2D eigenvalue weighted by Crippen LogP contribution is 2.02. The van der Waals surface area contributed by atoms with Gasteiger partial charge in [-0.25, -0.2) is 0 Å². The van der Waals surface area contributed by atoms with Crippen molar-refractivity contribution in [1.29, 1.82) is 0 Å². The van der Waals surface area contributed by atoms with E-state index in [-0.39, 0.29) is 32.7 Å². The standard InChI is InChI=1S/C10H19NO5/c1-3-16-9(15)5-4-8(14)11-10(2,6-12)7-13/h12-13H,3-7H2,1-2H3,(H,11,14). The Morgan fingerprint density at radius 2 is 1.81 bits per heavy atom. The van der Waals surface area contributed by atoms with Gasteiger partial charge in [0.15, 0.2) is 0 Å². The summed E-state index contributed by atoms with van der Waals surface area (Å²) in [6.07, 6.45) is -0.0268. The predicted molar refractivity (Wildman–Crippen MR) is 56.6 cm³/mol. The molecule has 0 aromatic carbocycles. The molecule has 16 heavy (non-hydrogen) atoms. The molecule has 0 rings (SSSR count). The molecule has 0 saturated heterocycles. The lowest BCUT2D eigenvalue weighted by atomic mass is 10.1. The number of amides is 1. The van der Waals surface area contributed by atoms with E-state index in [0.717, 1.165) is 0 Å². The van der Waals surface area contributed by atoms with Crippen LogP contribution in [0.1, 0.15) is 26.7 Å². The van der Waals surface area contributed by atoms with Crippen LogP contribution in [0.4, 0.5) is 0 Å². The molecule has 0 heterocycles. The van der Waals surface area contributed by atoms with Crippen LogP contribution in [0.15, 0.2) is 0 Å². The molecule has 0 aliphatic rings. The lowest BCUT2D eigenvalue weighted by Gasteiger charge is -2.26. The summed E-state index contributed by atoms with van der Waals surface area (Å²) in [5, 5.41) is 20.3. The summed E-state index contributed by atoms with van der Waals surface area (Å²) in [6.45, 7) is 2.75. The van der Waals surface area contributed by atoms with Gasteiger partial charge in [0.1, 0.15) is 0 Å². The normalized spacial score (nSPS) is 11.0. The fourth-order valence-corrected chi connectivity index (χ4v) is 0.977. The van der Waals surface area contributed by atoms with E-state index in [1.807, 2.05) is 0 Å². The second-order valence-electron chi connectivity index (χ2n) is 3.73. The number of rotatable bonds is 7. The van der Waals surface area contributed by atoms with Crippen molar-refractivity contribution in [2.45, 2.75) is 32.2 Å². The fourth-order valence-electron chi connectivity index (χ4n) is 0.977. The molecule has 6 heteroatoms. The molecule has 0 aliphatic carbocycles. The van der Waals surface area contributed by atoms with Crippen molar-refractivity contribution in [3.8, 4) is 0 Å². The minimum Gasteiger partial charge on any atom is -0.466 e. The highest BCUT2D eigenvalue weighted by atomic mass is 16.5. The third-order valence-electron chi connectivity index (χ3n) is 2.00. The van der Waals surface area contributed by atoms with Gasteiger partial charge in [-0.3, -0.25) is 9.59 Å². The number of ether oxygens (including phenoxy) is 1. The molecule has 0 aromatic rings. The van der Waals surface area contributed by atoms with E-state index in [1.54, 1.807) is 6.92 Å². The monoisotopic (exact) mass is 233 g/mol. The summed E-state index contributed by atoms with van der Waals surface area (Å²) in [4.78, 5) is 22.3. The zero-order valence-electron chi connectivity index (χ0n) is 9.65. The second-order valence-corrected chi connectivity index (χ2v) is 3.73. The number of aliphatic hydroxyl groups excluding tert-OH is 2. The summed E-state index contributed by atoms with van der Waals surface area (Å²) in [6, 6.07) is 0. The van der Waals surface area contributed by atoms with Gasteiger partial charge in [0.05, 0.1) is 31.8 Å². The smallest absolute Gasteiger partial charge is 0.306 e. The van der Waals surface area contributed by atoms with Crippen LogP contribution >= 0.6 is 0 Å². The van der Waals surface area contributed by atoms with Crippen molar-refractivity contribution in [3.63, 3.8) is 0 Å². The predicted octanol–water partition coefficient (Wildman–Crippen LogP) is -0.811. The zero-order chi connectivity index (χ0) is 12.6. The van der Waals surface area contributed by atoms with Crippen molar-refractivity contribution in [2.24, 2.45) is 0 Å². The van der Waals surface area contributed by atoms with E-state index in [1.165, 1.54) is 6.92 Å². The first kappa shape index (κ1) is 14.9. The Morgan fingerprint density at radius 3 is 2.25 bits per heavy atom. The lowest BCUT2D eigenvalue weighted by Crippen LogP contribution is -2.51. The van der Waals surface area contributed by atoms with Gasteiger partial charge in [-0.1, -0.05) is 0 Å². The summed E-state index contributed by atoms with van der Waals surface area (Å²) in [5.74, 6) is -0.842. The van der Waals surface area contributed by atoms with Crippen molar-refractivity contribution < 1.29 is 24.5 Å². The lowest BCUT2D eigenvalue weighted by molar-refractivity contribution is -0.144. The molecule has 0 fully saturated rings. The zero-order valence-corrected chi connectivity index (χ0v) is 9.65. The van der Waals surface area contributed by atoms with E-state index >= 15 is 0 Å². The van der Waals surface area contributed by atoms with Gasteiger partial charge >= 0.3 is 5.97 Å². The highest BCUT2D eigenvalue weighted by molar-refractivity contribution is 5.81. The van der Waals surface area contributed by atoms with Crippen LogP contribution in [0.2, 0.25) is 0 Å². The maximum Gasteiger partial charge on any atom is 0.306 e. The largest absolute Gasteiger partial charge is 0.466 e. The molecule has 0 atom stereocenters. The number of hydrogen-bond donors (Lipinski definition) is 3. The van der Waals surface area contributed by atoms with Gasteiger partial charge < -0.3 is 20.3 Å². The number of aliphatic hydroxyl groups is 2. The Bertz CT molecular complexity index is 237. The quantitative estimate of drug-likeness (QED) is 0.500. The minimum atomic E-state index is -1.05. The molecule has 0 saturated carbocycles. The minimum absolute atomic E-state index is 0.00733. The first-order chi connectivity index (χ1) is 7.47. The molecule has 0 aromatic heterocycles. The molecule has 0 aliphatic heterocycles. The van der Waals surface area contributed by atoms with Crippen LogP contribution < -0.4 is 5.32 Å². The van der Waals surface area contributed by atoms with Crippen molar-refractivity contribution in [1.82, 2.24) is 5.32 Å². The molecular formula is C10H19NO5. The summed E-state index contributed by atoms with van der Waals surface area (Å²) in [7, 11) is 0. The first-order valence-electron chi connectivity index (χ1n) is 5.15. The SMILES string of the molecule is CCOC(=O)CCC(=O)NC(C)(CO)CO. The van der Waals surface area contributed by atoms with Gasteiger partial charge in [-0.05, 0) is 13.8 Å². The Hall–Kier alpha value is -1.14. The van der Waals surface area contributed by atoms with E-state index in [4.69, 9.17) is 10.2 Å². The molecule has 0 spiro atoms. The Balaban J connectivity index is 3.95. The van der Waals surface area contributed by atoms with E-state index in [9.17, 15) is 9.59 Å². The Kier molecular flexibility index (Phi) is 6.67. The molecule has 3 N–H and O–H groups in total. The summed E-state index contributed by atoms with van der Waals surface area (Å²) >= 11 is 0. The topological polar surface area (TPSA) is 95.9 Å². The van der Waals surface area contributed by atoms with E-state index < -0.39 is 17.4 Å². The number of hydrogen-bond acceptors (Lipinski definition) is 5. The van der Waals surface area contributed by atoms with Gasteiger partial charge in [0.25, 0.3) is 0 Å². The van der Waals surface area contributed by atoms with Crippen molar-refractivity contribution in [2.75, 3.05) is 19.8 Å². The fraction of sp³-hybridized carbons (Fsp3) is 0.800. The van der Waals surface area contributed by atoms with Gasteiger partial charge in [0.2, 0.25) is 5.91 Å². The van der Waals surface area contributed by atoms with E-state index in [0.29, 0.717) is 0 Å². The van der Waals surface area contributed by atoms with Gasteiger partial charge in [-0.15, -0.1) is 0 Å². The van der Waals surface area contributed by atoms with Crippen molar-refractivity contribution in [3.05, 3.63) is 0 Å². The van der Waals surface area contributed by atoms with Gasteiger partial charge in [-0.2, -0.15) is 0 Å². The third kappa shape index (κ3) is 5.67. The molecule has 1 amide bonds. The number of carbonyl (C=O) groups excluding carboxylic acids is 2. The van der Waals surface area contributed by atoms with Crippen molar-refractivity contribution >= 4 is 11.9 Å². The molecule has 0 bridgehead atoms. The molecule has 94 valence electrons. The summed E-state index contributed by atoms with van der Waals surface area (Å²) in [5.41, 5.74) is -1.05.